The van der Waals surface area contributed by atoms with Crippen molar-refractivity contribution in [3.8, 4) is 0 Å². The Hall–Kier alpha value is 1.00. The van der Waals surface area contributed by atoms with E-state index in [1.54, 1.807) is 0 Å². The van der Waals surface area contributed by atoms with Crippen LogP contribution in [0.1, 0.15) is 81.1 Å². The smallest absolute Gasteiger partial charge is 0.308 e. The van der Waals surface area contributed by atoms with Gasteiger partial charge in [0.1, 0.15) is 0 Å². The first-order chi connectivity index (χ1) is 12.1. The maximum atomic E-state index is 2.91. The van der Waals surface area contributed by atoms with E-state index in [0.717, 1.165) is 39.3 Å². The summed E-state index contributed by atoms with van der Waals surface area (Å²) >= 11 is 0. The van der Waals surface area contributed by atoms with Crippen molar-refractivity contribution >= 4 is 7.87 Å². The van der Waals surface area contributed by atoms with Crippen molar-refractivity contribution in [2.24, 2.45) is 0 Å². The van der Waals surface area contributed by atoms with Gasteiger partial charge in [0.25, 0.3) is 0 Å². The van der Waals surface area contributed by atoms with Crippen LogP contribution in [-0.2, 0) is 0 Å². The lowest BCUT2D eigenvalue weighted by Gasteiger charge is -2.50. The fraction of sp³-hybridized carbons (Fsp3) is 1.00. The van der Waals surface area contributed by atoms with E-state index in [0.29, 0.717) is 0 Å². The monoisotopic (exact) mass is 502 g/mol. The highest BCUT2D eigenvalue weighted by Gasteiger charge is 2.58. The molecule has 0 aromatic rings. The predicted molar refractivity (Wildman–Crippen MR) is 117 cm³/mol. The molecule has 0 rings (SSSR count). The summed E-state index contributed by atoms with van der Waals surface area (Å²) in [5.41, 5.74) is 0. The molecule has 0 saturated carbocycles. The Balaban J connectivity index is 0. The predicted octanol–water partition coefficient (Wildman–Crippen LogP) is 2.60. The summed E-state index contributed by atoms with van der Waals surface area (Å²) in [6.45, 7) is 28.0. The van der Waals surface area contributed by atoms with Crippen LogP contribution in [0.4, 0.5) is 0 Å². The van der Waals surface area contributed by atoms with E-state index in [9.17, 15) is 0 Å². The topological polar surface area (TPSA) is 13.0 Å². The highest BCUT2D eigenvalue weighted by atomic mass is 127. The second kappa shape index (κ2) is 16.9. The van der Waals surface area contributed by atoms with Gasteiger partial charge in [0.05, 0.1) is 0 Å². The van der Waals surface area contributed by atoms with Crippen molar-refractivity contribution in [2.75, 3.05) is 52.4 Å². The van der Waals surface area contributed by atoms with Crippen LogP contribution in [0.25, 0.3) is 0 Å². The van der Waals surface area contributed by atoms with Gasteiger partial charge in [0.2, 0.25) is 0 Å². The first-order valence-corrected chi connectivity index (χ1v) is 12.6. The number of hydrogen-bond acceptors (Lipinski definition) is 4. The van der Waals surface area contributed by atoms with E-state index in [1.807, 2.05) is 0 Å². The molecule has 0 saturated heterocycles. The quantitative estimate of drug-likeness (QED) is 0.238. The van der Waals surface area contributed by atoms with Crippen molar-refractivity contribution in [1.29, 1.82) is 0 Å². The fourth-order valence-corrected chi connectivity index (χ4v) is 9.19. The highest BCUT2D eigenvalue weighted by molar-refractivity contribution is 7.66. The lowest BCUT2D eigenvalue weighted by molar-refractivity contribution is -0.00000652. The lowest BCUT2D eigenvalue weighted by Crippen LogP contribution is -3.00. The minimum absolute atomic E-state index is 0. The lowest BCUT2D eigenvalue weighted by atomic mass is 10.3. The van der Waals surface area contributed by atoms with Crippen LogP contribution in [0.2, 0.25) is 0 Å². The molecule has 0 bridgehead atoms. The van der Waals surface area contributed by atoms with Gasteiger partial charge >= 0.3 is 7.87 Å². The Labute approximate surface area is 183 Å². The molecular formula is C20H48IN4P. The second-order valence-electron chi connectivity index (χ2n) is 6.61. The van der Waals surface area contributed by atoms with Crippen molar-refractivity contribution in [3.63, 3.8) is 0 Å². The van der Waals surface area contributed by atoms with Gasteiger partial charge in [-0.1, -0.05) is 26.7 Å². The molecule has 0 aromatic carbocycles. The summed E-state index contributed by atoms with van der Waals surface area (Å²) < 4.78 is 11.3. The second-order valence-corrected chi connectivity index (χ2v) is 9.95. The van der Waals surface area contributed by atoms with Crippen LogP contribution in [0.5, 0.6) is 0 Å². The van der Waals surface area contributed by atoms with E-state index in [-0.39, 0.29) is 24.0 Å². The first kappa shape index (κ1) is 29.2. The van der Waals surface area contributed by atoms with Crippen molar-refractivity contribution in [2.45, 2.75) is 81.1 Å². The van der Waals surface area contributed by atoms with Crippen LogP contribution in [0, 0.1) is 0 Å². The van der Waals surface area contributed by atoms with Gasteiger partial charge in [-0.2, -0.15) is 0 Å². The third-order valence-corrected chi connectivity index (χ3v) is 10.4. The Morgan fingerprint density at radius 3 is 0.923 bits per heavy atom. The third-order valence-electron chi connectivity index (χ3n) is 5.25. The van der Waals surface area contributed by atoms with E-state index < -0.39 is 7.87 Å². The Bertz CT molecular complexity index is 269. The molecule has 0 aliphatic rings. The Kier molecular flexibility index (Phi) is 19.0. The van der Waals surface area contributed by atoms with Crippen molar-refractivity contribution in [3.05, 3.63) is 0 Å². The molecule has 0 amide bonds. The Morgan fingerprint density at radius 1 is 0.462 bits per heavy atom. The van der Waals surface area contributed by atoms with Gasteiger partial charge in [-0.3, -0.25) is 0 Å². The number of rotatable bonds is 16. The molecule has 4 nitrogen and oxygen atoms in total. The molecule has 0 spiro atoms. The standard InChI is InChI=1S/C20H48N4P.HI/c1-9-17-19-24(20-18-10-2)25(21(11-3)12-4,22(13-5)14-6)23(15-7)16-8;/h9-20H2,1-8H3;1H/q+1;/p-1. The zero-order chi connectivity index (χ0) is 19.3. The molecule has 160 valence electrons. The maximum Gasteiger partial charge on any atom is 0.308 e. The first-order valence-electron chi connectivity index (χ1n) is 11.0. The largest absolute Gasteiger partial charge is 1.00 e. The number of halogens is 1. The zero-order valence-electron chi connectivity index (χ0n) is 19.1. The molecule has 6 heteroatoms. The minimum atomic E-state index is -1.66. The highest BCUT2D eigenvalue weighted by Crippen LogP contribution is 2.69. The number of unbranched alkanes of at least 4 members (excludes halogenated alkanes) is 2. The van der Waals surface area contributed by atoms with Gasteiger partial charge in [-0.25, -0.2) is 0 Å². The van der Waals surface area contributed by atoms with Crippen LogP contribution >= 0.6 is 7.87 Å². The fourth-order valence-electron chi connectivity index (χ4n) is 3.94. The van der Waals surface area contributed by atoms with Crippen molar-refractivity contribution in [1.82, 2.24) is 18.7 Å². The average molecular weight is 503 g/mol. The van der Waals surface area contributed by atoms with Gasteiger partial charge in [0.15, 0.2) is 0 Å². The van der Waals surface area contributed by atoms with Crippen LogP contribution < -0.4 is 24.0 Å². The van der Waals surface area contributed by atoms with E-state index in [1.165, 1.54) is 38.8 Å². The van der Waals surface area contributed by atoms with E-state index >= 15 is 0 Å². The normalized spacial score (nSPS) is 12.5. The van der Waals surface area contributed by atoms with Gasteiger partial charge in [-0.15, -0.1) is 18.7 Å². The summed E-state index contributed by atoms with van der Waals surface area (Å²) in [5.74, 6) is 0. The van der Waals surface area contributed by atoms with Crippen molar-refractivity contribution < 1.29 is 24.0 Å². The third kappa shape index (κ3) is 7.11. The molecule has 0 aliphatic heterocycles. The molecule has 0 aromatic heterocycles. The molecule has 0 atom stereocenters. The van der Waals surface area contributed by atoms with Gasteiger partial charge in [-0.05, 0) is 54.4 Å². The number of nitrogens with zero attached hydrogens (tertiary/aromatic N) is 4. The molecule has 0 unspecified atom stereocenters. The van der Waals surface area contributed by atoms with E-state index in [4.69, 9.17) is 0 Å². The Morgan fingerprint density at radius 2 is 0.731 bits per heavy atom. The zero-order valence-corrected chi connectivity index (χ0v) is 22.2. The molecular weight excluding hydrogens is 454 g/mol. The molecule has 0 radical (unpaired) electrons. The van der Waals surface area contributed by atoms with E-state index in [2.05, 4.69) is 74.1 Å². The molecule has 0 fully saturated rings. The molecule has 26 heavy (non-hydrogen) atoms. The molecule has 0 N–H and O–H groups in total. The summed E-state index contributed by atoms with van der Waals surface area (Å²) in [4.78, 5) is 0. The number of hydrogen-bond donors (Lipinski definition) is 0. The van der Waals surface area contributed by atoms with Gasteiger partial charge in [0, 0.05) is 52.4 Å². The summed E-state index contributed by atoms with van der Waals surface area (Å²) in [6.07, 6.45) is 5.15. The molecule has 0 aliphatic carbocycles. The SMILES string of the molecule is CCCCN(CCCC)[P+](N(CC)CC)(N(CC)CC)N(CC)CC.[I-]. The van der Waals surface area contributed by atoms with Crippen LogP contribution in [0.15, 0.2) is 0 Å². The molecule has 0 heterocycles. The minimum Gasteiger partial charge on any atom is -1.00 e. The van der Waals surface area contributed by atoms with Gasteiger partial charge < -0.3 is 24.0 Å². The summed E-state index contributed by atoms with van der Waals surface area (Å²) in [5, 5.41) is 0. The van der Waals surface area contributed by atoms with Crippen LogP contribution in [0.3, 0.4) is 0 Å². The summed E-state index contributed by atoms with van der Waals surface area (Å²) in [6, 6.07) is 0. The van der Waals surface area contributed by atoms with Crippen LogP contribution in [-0.4, -0.2) is 71.0 Å². The summed E-state index contributed by atoms with van der Waals surface area (Å²) in [7, 11) is -1.66. The average Bonchev–Trinajstić information content (AvgIpc) is 2.64. The maximum absolute atomic E-state index is 2.91.